The molecule has 5 nitrogen and oxygen atoms in total. The number of nitrogens with zero attached hydrogens (tertiary/aromatic N) is 3. The molecule has 0 aromatic heterocycles. The van der Waals surface area contributed by atoms with Crippen molar-refractivity contribution in [3.05, 3.63) is 35.9 Å². The Labute approximate surface area is 176 Å². The van der Waals surface area contributed by atoms with Gasteiger partial charge in [0, 0.05) is 52.1 Å². The number of carbonyl (C=O) groups excluding carboxylic acids is 2. The molecule has 2 aliphatic heterocycles. The van der Waals surface area contributed by atoms with Crippen molar-refractivity contribution in [2.75, 3.05) is 46.3 Å². The Morgan fingerprint density at radius 3 is 2.38 bits per heavy atom. The molecule has 1 aromatic carbocycles. The van der Waals surface area contributed by atoms with Crippen molar-refractivity contribution in [3.63, 3.8) is 0 Å². The van der Waals surface area contributed by atoms with Crippen LogP contribution < -0.4 is 0 Å². The number of hydrogen-bond donors (Lipinski definition) is 0. The average Bonchev–Trinajstić information content (AvgIpc) is 2.76. The molecule has 0 bridgehead atoms. The fraction of sp³-hybridized carbons (Fsp3) is 0.667. The number of carbonyl (C=O) groups is 2. The number of benzene rings is 1. The predicted octanol–water partition coefficient (Wildman–Crippen LogP) is 3.19. The first-order chi connectivity index (χ1) is 14.1. The summed E-state index contributed by atoms with van der Waals surface area (Å²) in [5, 5.41) is 0. The highest BCUT2D eigenvalue weighted by Crippen LogP contribution is 2.22. The van der Waals surface area contributed by atoms with E-state index >= 15 is 0 Å². The lowest BCUT2D eigenvalue weighted by Crippen LogP contribution is -2.47. The van der Waals surface area contributed by atoms with Gasteiger partial charge in [-0.1, -0.05) is 30.3 Å². The summed E-state index contributed by atoms with van der Waals surface area (Å²) in [4.78, 5) is 31.4. The van der Waals surface area contributed by atoms with Gasteiger partial charge in [-0.05, 0) is 57.1 Å². The molecule has 29 heavy (non-hydrogen) atoms. The Kier molecular flexibility index (Phi) is 8.53. The van der Waals surface area contributed by atoms with Gasteiger partial charge < -0.3 is 14.7 Å². The van der Waals surface area contributed by atoms with E-state index in [0.29, 0.717) is 30.6 Å². The zero-order chi connectivity index (χ0) is 20.5. The normalized spacial score (nSPS) is 20.7. The molecule has 160 valence electrons. The van der Waals surface area contributed by atoms with Crippen LogP contribution >= 0.6 is 0 Å². The highest BCUT2D eigenvalue weighted by Gasteiger charge is 2.25. The molecule has 2 fully saturated rings. The average molecular weight is 400 g/mol. The Balaban J connectivity index is 1.32. The van der Waals surface area contributed by atoms with Crippen molar-refractivity contribution in [2.24, 2.45) is 5.92 Å². The van der Waals surface area contributed by atoms with Crippen molar-refractivity contribution in [1.29, 1.82) is 0 Å². The predicted molar refractivity (Wildman–Crippen MR) is 117 cm³/mol. The van der Waals surface area contributed by atoms with E-state index in [0.717, 1.165) is 77.8 Å². The van der Waals surface area contributed by atoms with E-state index in [2.05, 4.69) is 41.1 Å². The van der Waals surface area contributed by atoms with Crippen LogP contribution in [0, 0.1) is 5.92 Å². The summed E-state index contributed by atoms with van der Waals surface area (Å²) in [5.74, 6) is 1.07. The molecule has 1 aromatic rings. The van der Waals surface area contributed by atoms with Crippen LogP contribution in [0.3, 0.4) is 0 Å². The first-order valence-corrected chi connectivity index (χ1v) is 11.4. The number of aryl methyl sites for hydroxylation is 1. The van der Waals surface area contributed by atoms with E-state index in [9.17, 15) is 9.59 Å². The molecule has 1 atom stereocenters. The highest BCUT2D eigenvalue weighted by molar-refractivity contribution is 5.77. The zero-order valence-corrected chi connectivity index (χ0v) is 18.0. The molecule has 0 radical (unpaired) electrons. The van der Waals surface area contributed by atoms with E-state index in [-0.39, 0.29) is 0 Å². The van der Waals surface area contributed by atoms with Gasteiger partial charge >= 0.3 is 0 Å². The molecule has 0 N–H and O–H groups in total. The third kappa shape index (κ3) is 7.14. The van der Waals surface area contributed by atoms with Crippen LogP contribution in [0.2, 0.25) is 0 Å². The van der Waals surface area contributed by atoms with Crippen LogP contribution in [-0.2, 0) is 16.0 Å². The fourth-order valence-electron chi connectivity index (χ4n) is 4.48. The summed E-state index contributed by atoms with van der Waals surface area (Å²) in [6, 6.07) is 10.5. The van der Waals surface area contributed by atoms with Gasteiger partial charge in [0.1, 0.15) is 0 Å². The summed E-state index contributed by atoms with van der Waals surface area (Å²) < 4.78 is 0. The molecule has 0 saturated carbocycles. The third-order valence-corrected chi connectivity index (χ3v) is 6.44. The smallest absolute Gasteiger partial charge is 0.222 e. The highest BCUT2D eigenvalue weighted by atomic mass is 16.2. The number of rotatable bonds is 8. The van der Waals surface area contributed by atoms with E-state index < -0.39 is 0 Å². The minimum absolute atomic E-state index is 0.294. The molecule has 3 rings (SSSR count). The van der Waals surface area contributed by atoms with Gasteiger partial charge in [-0.15, -0.1) is 0 Å². The number of piperidine rings is 1. The second-order valence-corrected chi connectivity index (χ2v) is 8.76. The van der Waals surface area contributed by atoms with Gasteiger partial charge in [-0.3, -0.25) is 9.59 Å². The Hall–Kier alpha value is -1.88. The third-order valence-electron chi connectivity index (χ3n) is 6.44. The summed E-state index contributed by atoms with van der Waals surface area (Å²) in [5.41, 5.74) is 1.35. The minimum Gasteiger partial charge on any atom is -0.342 e. The number of likely N-dealkylation sites (N-methyl/N-ethyl adjacent to an activating group) is 1. The van der Waals surface area contributed by atoms with Crippen LogP contribution in [-0.4, -0.2) is 72.8 Å². The van der Waals surface area contributed by atoms with Crippen molar-refractivity contribution in [2.45, 2.75) is 51.4 Å². The van der Waals surface area contributed by atoms with Gasteiger partial charge in [0.15, 0.2) is 0 Å². The zero-order valence-electron chi connectivity index (χ0n) is 18.0. The second-order valence-electron chi connectivity index (χ2n) is 8.76. The molecule has 2 saturated heterocycles. The Morgan fingerprint density at radius 1 is 0.897 bits per heavy atom. The first-order valence-electron chi connectivity index (χ1n) is 11.4. The molecule has 2 amide bonds. The number of unbranched alkanes of at least 4 members (excludes halogenated alkanes) is 1. The molecular formula is C24H37N3O2. The number of likely N-dealkylation sites (tertiary alicyclic amines) is 1. The Morgan fingerprint density at radius 2 is 1.62 bits per heavy atom. The largest absolute Gasteiger partial charge is 0.342 e. The number of hydrogen-bond acceptors (Lipinski definition) is 3. The van der Waals surface area contributed by atoms with E-state index in [1.54, 1.807) is 0 Å². The molecule has 2 aliphatic rings. The lowest BCUT2D eigenvalue weighted by atomic mass is 9.92. The monoisotopic (exact) mass is 399 g/mol. The van der Waals surface area contributed by atoms with Crippen molar-refractivity contribution in [3.8, 4) is 0 Å². The summed E-state index contributed by atoms with van der Waals surface area (Å²) in [6.07, 6.45) is 7.49. The van der Waals surface area contributed by atoms with E-state index in [1.165, 1.54) is 5.56 Å². The van der Waals surface area contributed by atoms with Gasteiger partial charge in [0.2, 0.25) is 11.8 Å². The maximum atomic E-state index is 12.6. The van der Waals surface area contributed by atoms with Crippen LogP contribution in [0.5, 0.6) is 0 Å². The van der Waals surface area contributed by atoms with Crippen LogP contribution in [0.1, 0.15) is 50.5 Å². The van der Waals surface area contributed by atoms with Crippen molar-refractivity contribution < 1.29 is 9.59 Å². The van der Waals surface area contributed by atoms with E-state index in [4.69, 9.17) is 0 Å². The summed E-state index contributed by atoms with van der Waals surface area (Å²) >= 11 is 0. The molecule has 0 spiro atoms. The van der Waals surface area contributed by atoms with Gasteiger partial charge in [0.25, 0.3) is 0 Å². The van der Waals surface area contributed by atoms with Crippen LogP contribution in [0.25, 0.3) is 0 Å². The van der Waals surface area contributed by atoms with Gasteiger partial charge in [-0.25, -0.2) is 0 Å². The lowest BCUT2D eigenvalue weighted by Gasteiger charge is -2.34. The summed E-state index contributed by atoms with van der Waals surface area (Å²) in [7, 11) is 2.11. The van der Waals surface area contributed by atoms with Crippen molar-refractivity contribution >= 4 is 11.8 Å². The molecule has 1 unspecified atom stereocenters. The minimum atomic E-state index is 0.294. The topological polar surface area (TPSA) is 43.9 Å². The summed E-state index contributed by atoms with van der Waals surface area (Å²) in [6.45, 7) is 5.39. The molecular weight excluding hydrogens is 362 g/mol. The van der Waals surface area contributed by atoms with Gasteiger partial charge in [-0.2, -0.15) is 0 Å². The SMILES string of the molecule is CN1CCN(C(=O)CCC2CCCN(C(=O)CCCCc3ccccc3)C2)CC1. The fourth-order valence-corrected chi connectivity index (χ4v) is 4.48. The molecule has 0 aliphatic carbocycles. The maximum Gasteiger partial charge on any atom is 0.222 e. The quantitative estimate of drug-likeness (QED) is 0.631. The first kappa shape index (κ1) is 21.8. The standard InChI is InChI=1S/C24H37N3O2/c1-25-16-18-26(19-17-25)24(29)14-13-22-11-7-15-27(20-22)23(28)12-6-5-10-21-8-3-2-4-9-21/h2-4,8-9,22H,5-7,10-20H2,1H3. The van der Waals surface area contributed by atoms with Crippen molar-refractivity contribution in [1.82, 2.24) is 14.7 Å². The number of amides is 2. The van der Waals surface area contributed by atoms with Crippen LogP contribution in [0.4, 0.5) is 0 Å². The van der Waals surface area contributed by atoms with Crippen LogP contribution in [0.15, 0.2) is 30.3 Å². The second kappa shape index (κ2) is 11.3. The lowest BCUT2D eigenvalue weighted by molar-refractivity contribution is -0.133. The molecule has 5 heteroatoms. The maximum absolute atomic E-state index is 12.6. The number of piperazine rings is 1. The van der Waals surface area contributed by atoms with E-state index in [1.807, 2.05) is 11.0 Å². The Bertz CT molecular complexity index is 641. The molecule has 2 heterocycles. The van der Waals surface area contributed by atoms with Gasteiger partial charge in [0.05, 0.1) is 0 Å².